The van der Waals surface area contributed by atoms with Crippen molar-refractivity contribution in [2.24, 2.45) is 0 Å². The Balaban J connectivity index is 1.22. The topological polar surface area (TPSA) is 80.5 Å². The van der Waals surface area contributed by atoms with Crippen LogP contribution in [0.3, 0.4) is 0 Å². The van der Waals surface area contributed by atoms with Crippen LogP contribution in [0.25, 0.3) is 0 Å². The number of piperidine rings is 1. The molecule has 1 aromatic heterocycles. The van der Waals surface area contributed by atoms with Crippen LogP contribution >= 0.6 is 0 Å². The summed E-state index contributed by atoms with van der Waals surface area (Å²) in [5.74, 6) is 2.27. The summed E-state index contributed by atoms with van der Waals surface area (Å²) >= 11 is 0. The summed E-state index contributed by atoms with van der Waals surface area (Å²) in [5.41, 5.74) is 2.83. The van der Waals surface area contributed by atoms with Crippen molar-refractivity contribution in [3.8, 4) is 5.75 Å². The number of carbonyl (C=O) groups is 1. The van der Waals surface area contributed by atoms with E-state index in [1.807, 2.05) is 11.0 Å². The smallest absolute Gasteiger partial charge is 0.317 e. The molecule has 1 atom stereocenters. The molecule has 1 aliphatic carbocycles. The highest BCUT2D eigenvalue weighted by atomic mass is 16.5. The lowest BCUT2D eigenvalue weighted by molar-refractivity contribution is 0.170. The van der Waals surface area contributed by atoms with Crippen molar-refractivity contribution in [1.29, 1.82) is 0 Å². The van der Waals surface area contributed by atoms with Crippen molar-refractivity contribution >= 4 is 6.03 Å². The lowest BCUT2D eigenvalue weighted by Crippen LogP contribution is -2.46. The third-order valence-corrected chi connectivity index (χ3v) is 5.32. The van der Waals surface area contributed by atoms with Gasteiger partial charge in [0.1, 0.15) is 12.4 Å². The van der Waals surface area contributed by atoms with E-state index in [1.54, 1.807) is 6.92 Å². The van der Waals surface area contributed by atoms with Crippen molar-refractivity contribution in [1.82, 2.24) is 20.4 Å². The van der Waals surface area contributed by atoms with Gasteiger partial charge in [-0.3, -0.25) is 0 Å². The Morgan fingerprint density at radius 3 is 3.07 bits per heavy atom. The molecule has 0 radical (unpaired) electrons. The summed E-state index contributed by atoms with van der Waals surface area (Å²) in [5, 5.41) is 6.80. The fraction of sp³-hybridized carbons (Fsp3) is 0.550. The molecule has 1 aromatic carbocycles. The molecule has 2 amide bonds. The van der Waals surface area contributed by atoms with Crippen LogP contribution in [0.1, 0.15) is 48.0 Å². The average Bonchev–Trinajstić information content (AvgIpc) is 3.33. The number of nitrogens with one attached hydrogen (secondary N) is 1. The lowest BCUT2D eigenvalue weighted by atomic mass is 9.98. The quantitative estimate of drug-likeness (QED) is 0.819. The summed E-state index contributed by atoms with van der Waals surface area (Å²) < 4.78 is 11.1. The number of nitrogens with zero attached hydrogens (tertiary/aromatic N) is 3. The Morgan fingerprint density at radius 1 is 1.33 bits per heavy atom. The van der Waals surface area contributed by atoms with E-state index in [1.165, 1.54) is 24.0 Å². The Kier molecular flexibility index (Phi) is 5.27. The minimum absolute atomic E-state index is 0.0616. The van der Waals surface area contributed by atoms with E-state index in [-0.39, 0.29) is 11.9 Å². The number of urea groups is 1. The second kappa shape index (κ2) is 7.98. The van der Waals surface area contributed by atoms with Crippen LogP contribution in [-0.2, 0) is 12.8 Å². The van der Waals surface area contributed by atoms with Crippen LogP contribution in [0.2, 0.25) is 0 Å². The van der Waals surface area contributed by atoms with E-state index >= 15 is 0 Å². The summed E-state index contributed by atoms with van der Waals surface area (Å²) in [4.78, 5) is 18.6. The highest BCUT2D eigenvalue weighted by Crippen LogP contribution is 2.26. The predicted molar refractivity (Wildman–Crippen MR) is 99.9 cm³/mol. The fourth-order valence-corrected chi connectivity index (χ4v) is 3.92. The molecule has 27 heavy (non-hydrogen) atoms. The van der Waals surface area contributed by atoms with Crippen molar-refractivity contribution in [2.75, 3.05) is 26.2 Å². The number of carbonyl (C=O) groups excluding carboxylic acids is 1. The fourth-order valence-electron chi connectivity index (χ4n) is 3.92. The largest absolute Gasteiger partial charge is 0.492 e. The van der Waals surface area contributed by atoms with Gasteiger partial charge >= 0.3 is 6.03 Å². The monoisotopic (exact) mass is 370 g/mol. The first-order chi connectivity index (χ1) is 13.2. The molecule has 0 spiro atoms. The van der Waals surface area contributed by atoms with Gasteiger partial charge in [-0.15, -0.1) is 0 Å². The SMILES string of the molecule is Cc1noc([C@@H]2CCCN(C(=O)NCCOc3ccc4c(c3)CCC4)C2)n1. The average molecular weight is 370 g/mol. The van der Waals surface area contributed by atoms with Gasteiger partial charge in [-0.05, 0) is 62.3 Å². The van der Waals surface area contributed by atoms with Gasteiger partial charge in [-0.25, -0.2) is 4.79 Å². The second-order valence-corrected chi connectivity index (χ2v) is 7.33. The molecule has 1 aliphatic heterocycles. The predicted octanol–water partition coefficient (Wildman–Crippen LogP) is 2.83. The molecule has 0 saturated carbocycles. The second-order valence-electron chi connectivity index (χ2n) is 7.33. The molecule has 1 fully saturated rings. The minimum Gasteiger partial charge on any atom is -0.492 e. The number of aryl methyl sites for hydroxylation is 3. The Hall–Kier alpha value is -2.57. The molecule has 2 aromatic rings. The summed E-state index contributed by atoms with van der Waals surface area (Å²) in [6.45, 7) is 4.11. The molecule has 1 saturated heterocycles. The maximum Gasteiger partial charge on any atom is 0.317 e. The normalized spacial score (nSPS) is 19.0. The van der Waals surface area contributed by atoms with Gasteiger partial charge in [0.05, 0.1) is 12.5 Å². The van der Waals surface area contributed by atoms with Crippen molar-refractivity contribution < 1.29 is 14.1 Å². The van der Waals surface area contributed by atoms with E-state index in [4.69, 9.17) is 9.26 Å². The lowest BCUT2D eigenvalue weighted by Gasteiger charge is -2.31. The number of ether oxygens (including phenoxy) is 1. The molecular weight excluding hydrogens is 344 g/mol. The Labute approximate surface area is 159 Å². The van der Waals surface area contributed by atoms with Gasteiger partial charge in [-0.2, -0.15) is 4.98 Å². The Bertz CT molecular complexity index is 804. The van der Waals surface area contributed by atoms with E-state index in [2.05, 4.69) is 27.6 Å². The first-order valence-corrected chi connectivity index (χ1v) is 9.76. The molecule has 2 aliphatic rings. The molecule has 0 bridgehead atoms. The van der Waals surface area contributed by atoms with E-state index in [9.17, 15) is 4.79 Å². The molecule has 7 nitrogen and oxygen atoms in total. The van der Waals surface area contributed by atoms with Crippen molar-refractivity contribution in [3.63, 3.8) is 0 Å². The molecule has 2 heterocycles. The summed E-state index contributed by atoms with van der Waals surface area (Å²) in [6, 6.07) is 6.25. The van der Waals surface area contributed by atoms with Crippen molar-refractivity contribution in [2.45, 2.75) is 44.9 Å². The highest BCUT2D eigenvalue weighted by Gasteiger charge is 2.28. The minimum atomic E-state index is -0.0616. The summed E-state index contributed by atoms with van der Waals surface area (Å²) in [6.07, 6.45) is 5.44. The molecule has 4 rings (SSSR count). The zero-order chi connectivity index (χ0) is 18.6. The number of aromatic nitrogens is 2. The van der Waals surface area contributed by atoms with E-state index in [0.29, 0.717) is 31.4 Å². The third-order valence-electron chi connectivity index (χ3n) is 5.32. The Morgan fingerprint density at radius 2 is 2.22 bits per heavy atom. The number of likely N-dealkylation sites (tertiary alicyclic amines) is 1. The zero-order valence-corrected chi connectivity index (χ0v) is 15.7. The summed E-state index contributed by atoms with van der Waals surface area (Å²) in [7, 11) is 0. The van der Waals surface area contributed by atoms with Gasteiger partial charge in [0.2, 0.25) is 5.89 Å². The van der Waals surface area contributed by atoms with E-state index in [0.717, 1.165) is 31.6 Å². The number of benzene rings is 1. The van der Waals surface area contributed by atoms with Gasteiger partial charge in [-0.1, -0.05) is 11.2 Å². The van der Waals surface area contributed by atoms with Crippen LogP contribution < -0.4 is 10.1 Å². The standard InChI is InChI=1S/C20H26N4O3/c1-14-22-19(27-23-14)17-6-3-10-24(13-17)20(25)21-9-11-26-18-8-7-15-4-2-5-16(15)12-18/h7-8,12,17H,2-6,9-11,13H2,1H3,(H,21,25)/t17-/m1/s1. The number of hydrogen-bond acceptors (Lipinski definition) is 5. The molecule has 1 N–H and O–H groups in total. The van der Waals surface area contributed by atoms with Crippen LogP contribution in [0.4, 0.5) is 4.79 Å². The van der Waals surface area contributed by atoms with Gasteiger partial charge in [0, 0.05) is 13.1 Å². The maximum atomic E-state index is 12.4. The van der Waals surface area contributed by atoms with Gasteiger partial charge < -0.3 is 19.5 Å². The van der Waals surface area contributed by atoms with Crippen LogP contribution in [-0.4, -0.2) is 47.3 Å². The van der Waals surface area contributed by atoms with Gasteiger partial charge in [0.25, 0.3) is 0 Å². The first kappa shape index (κ1) is 17.8. The highest BCUT2D eigenvalue weighted by molar-refractivity contribution is 5.74. The molecule has 0 unspecified atom stereocenters. The molecular formula is C20H26N4O3. The molecule has 7 heteroatoms. The third kappa shape index (κ3) is 4.23. The van der Waals surface area contributed by atoms with Gasteiger partial charge in [0.15, 0.2) is 5.82 Å². The van der Waals surface area contributed by atoms with Crippen LogP contribution in [0, 0.1) is 6.92 Å². The molecule has 144 valence electrons. The number of fused-ring (bicyclic) bond motifs is 1. The number of rotatable bonds is 5. The van der Waals surface area contributed by atoms with Crippen LogP contribution in [0.5, 0.6) is 5.75 Å². The zero-order valence-electron chi connectivity index (χ0n) is 15.7. The van der Waals surface area contributed by atoms with E-state index < -0.39 is 0 Å². The maximum absolute atomic E-state index is 12.4. The number of hydrogen-bond donors (Lipinski definition) is 1. The first-order valence-electron chi connectivity index (χ1n) is 9.76. The van der Waals surface area contributed by atoms with Crippen molar-refractivity contribution in [3.05, 3.63) is 41.0 Å². The van der Waals surface area contributed by atoms with Crippen LogP contribution in [0.15, 0.2) is 22.7 Å². The number of amides is 2.